The first-order valence-corrected chi connectivity index (χ1v) is 9.79. The Morgan fingerprint density at radius 3 is 2.82 bits per heavy atom. The van der Waals surface area contributed by atoms with Crippen molar-refractivity contribution in [3.05, 3.63) is 56.7 Å². The van der Waals surface area contributed by atoms with Crippen LogP contribution in [-0.2, 0) is 34.3 Å². The van der Waals surface area contributed by atoms with Crippen LogP contribution in [0.5, 0.6) is 0 Å². The van der Waals surface area contributed by atoms with Gasteiger partial charge in [-0.1, -0.05) is 23.7 Å². The van der Waals surface area contributed by atoms with E-state index in [-0.39, 0.29) is 11.7 Å². The van der Waals surface area contributed by atoms with Crippen LogP contribution >= 0.6 is 22.9 Å². The predicted octanol–water partition coefficient (Wildman–Crippen LogP) is 3.24. The molecule has 0 saturated heterocycles. The molecule has 1 aromatic carbocycles. The van der Waals surface area contributed by atoms with E-state index in [4.69, 9.17) is 11.6 Å². The fraction of sp³-hybridized carbons (Fsp3) is 0.312. The van der Waals surface area contributed by atoms with Gasteiger partial charge >= 0.3 is 0 Å². The molecule has 2 aromatic rings. The molecule has 0 unspecified atom stereocenters. The second kappa shape index (κ2) is 6.94. The highest BCUT2D eigenvalue weighted by molar-refractivity contribution is 7.84. The van der Waals surface area contributed by atoms with Gasteiger partial charge in [0.2, 0.25) is 5.91 Å². The van der Waals surface area contributed by atoms with Crippen molar-refractivity contribution in [1.82, 2.24) is 4.90 Å². The minimum absolute atomic E-state index is 0.0239. The van der Waals surface area contributed by atoms with Crippen molar-refractivity contribution in [1.29, 1.82) is 0 Å². The van der Waals surface area contributed by atoms with Gasteiger partial charge in [-0.15, -0.1) is 11.3 Å². The Kier molecular flexibility index (Phi) is 4.96. The standard InChI is InChI=1S/C16H16ClNO2S2/c17-14-3-1-12(2-4-14)10-22(20)11-16(19)18-7-5-15-13(9-18)6-8-21-15/h1-4,6,8H,5,7,9-11H2/t22-/m0/s1. The summed E-state index contributed by atoms with van der Waals surface area (Å²) in [6, 6.07) is 9.33. The molecule has 0 spiro atoms. The SMILES string of the molecule is O=C(C[S@@](=O)Cc1ccc(Cl)cc1)N1CCc2sccc2C1. The van der Waals surface area contributed by atoms with Gasteiger partial charge in [-0.05, 0) is 41.1 Å². The number of hydrogen-bond acceptors (Lipinski definition) is 3. The van der Waals surface area contributed by atoms with Crippen LogP contribution in [0.1, 0.15) is 16.0 Å². The Morgan fingerprint density at radius 1 is 1.27 bits per heavy atom. The second-order valence-electron chi connectivity index (χ2n) is 5.29. The largest absolute Gasteiger partial charge is 0.337 e. The number of fused-ring (bicyclic) bond motifs is 1. The van der Waals surface area contributed by atoms with E-state index in [1.807, 2.05) is 17.0 Å². The zero-order chi connectivity index (χ0) is 15.5. The monoisotopic (exact) mass is 353 g/mol. The first-order valence-electron chi connectivity index (χ1n) is 7.04. The van der Waals surface area contributed by atoms with Gasteiger partial charge in [0.25, 0.3) is 0 Å². The highest BCUT2D eigenvalue weighted by Crippen LogP contribution is 2.24. The number of benzene rings is 1. The van der Waals surface area contributed by atoms with Crippen molar-refractivity contribution in [2.24, 2.45) is 0 Å². The van der Waals surface area contributed by atoms with Crippen LogP contribution in [0.4, 0.5) is 0 Å². The maximum atomic E-state index is 12.3. The molecule has 3 rings (SSSR count). The number of thiophene rings is 1. The molecular weight excluding hydrogens is 338 g/mol. The molecule has 0 bridgehead atoms. The third-order valence-electron chi connectivity index (χ3n) is 3.69. The van der Waals surface area contributed by atoms with Crippen LogP contribution in [0, 0.1) is 0 Å². The summed E-state index contributed by atoms with van der Waals surface area (Å²) in [6.45, 7) is 1.38. The average molecular weight is 354 g/mol. The molecule has 1 aromatic heterocycles. The Hall–Kier alpha value is -1.17. The highest BCUT2D eigenvalue weighted by Gasteiger charge is 2.22. The lowest BCUT2D eigenvalue weighted by atomic mass is 10.1. The van der Waals surface area contributed by atoms with Crippen LogP contribution < -0.4 is 0 Å². The van der Waals surface area contributed by atoms with E-state index in [1.165, 1.54) is 10.4 Å². The molecule has 2 heterocycles. The maximum Gasteiger partial charge on any atom is 0.235 e. The summed E-state index contributed by atoms with van der Waals surface area (Å²) in [5, 5.41) is 2.72. The summed E-state index contributed by atoms with van der Waals surface area (Å²) in [5.41, 5.74) is 2.17. The summed E-state index contributed by atoms with van der Waals surface area (Å²) in [4.78, 5) is 15.5. The van der Waals surface area contributed by atoms with Crippen molar-refractivity contribution in [3.63, 3.8) is 0 Å². The van der Waals surface area contributed by atoms with E-state index in [9.17, 15) is 9.00 Å². The van der Waals surface area contributed by atoms with Gasteiger partial charge in [0.05, 0.1) is 0 Å². The number of rotatable bonds is 4. The Labute approximate surface area is 141 Å². The first kappa shape index (κ1) is 15.7. The Bertz CT molecular complexity index is 696. The van der Waals surface area contributed by atoms with E-state index in [0.717, 1.165) is 18.5 Å². The van der Waals surface area contributed by atoms with E-state index in [1.54, 1.807) is 23.5 Å². The fourth-order valence-corrected chi connectivity index (χ4v) is 4.65. The summed E-state index contributed by atoms with van der Waals surface area (Å²) in [7, 11) is -1.19. The molecular formula is C16H16ClNO2S2. The molecule has 1 aliphatic rings. The lowest BCUT2D eigenvalue weighted by molar-refractivity contribution is -0.129. The molecule has 0 saturated carbocycles. The maximum absolute atomic E-state index is 12.3. The number of nitrogens with zero attached hydrogens (tertiary/aromatic N) is 1. The number of carbonyl (C=O) groups excluding carboxylic acids is 1. The Morgan fingerprint density at radius 2 is 2.05 bits per heavy atom. The second-order valence-corrected chi connectivity index (χ2v) is 8.18. The summed E-state index contributed by atoms with van der Waals surface area (Å²) < 4.78 is 12.2. The van der Waals surface area contributed by atoms with Gasteiger partial charge < -0.3 is 4.90 Å². The van der Waals surface area contributed by atoms with E-state index >= 15 is 0 Å². The van der Waals surface area contributed by atoms with Crippen LogP contribution in [0.2, 0.25) is 5.02 Å². The molecule has 0 radical (unpaired) electrons. The fourth-order valence-electron chi connectivity index (χ4n) is 2.51. The first-order chi connectivity index (χ1) is 10.6. The zero-order valence-electron chi connectivity index (χ0n) is 12.0. The molecule has 22 heavy (non-hydrogen) atoms. The van der Waals surface area contributed by atoms with Crippen LogP contribution in [-0.4, -0.2) is 27.3 Å². The summed E-state index contributed by atoms with van der Waals surface area (Å²) in [5.74, 6) is 0.451. The molecule has 0 N–H and O–H groups in total. The molecule has 1 aliphatic heterocycles. The molecule has 1 amide bonds. The van der Waals surface area contributed by atoms with Crippen LogP contribution in [0.3, 0.4) is 0 Å². The van der Waals surface area contributed by atoms with E-state index in [0.29, 0.717) is 17.3 Å². The van der Waals surface area contributed by atoms with Crippen molar-refractivity contribution >= 4 is 39.6 Å². The van der Waals surface area contributed by atoms with Gasteiger partial charge in [0.15, 0.2) is 0 Å². The van der Waals surface area contributed by atoms with Crippen molar-refractivity contribution in [3.8, 4) is 0 Å². The van der Waals surface area contributed by atoms with Crippen molar-refractivity contribution < 1.29 is 9.00 Å². The zero-order valence-corrected chi connectivity index (χ0v) is 14.3. The highest BCUT2D eigenvalue weighted by atomic mass is 35.5. The number of halogens is 1. The van der Waals surface area contributed by atoms with Crippen molar-refractivity contribution in [2.45, 2.75) is 18.7 Å². The number of carbonyl (C=O) groups is 1. The third kappa shape index (κ3) is 3.77. The van der Waals surface area contributed by atoms with Gasteiger partial charge in [0.1, 0.15) is 5.75 Å². The summed E-state index contributed by atoms with van der Waals surface area (Å²) >= 11 is 7.58. The summed E-state index contributed by atoms with van der Waals surface area (Å²) in [6.07, 6.45) is 0.905. The quantitative estimate of drug-likeness (QED) is 0.846. The van der Waals surface area contributed by atoms with Gasteiger partial charge in [-0.2, -0.15) is 0 Å². The van der Waals surface area contributed by atoms with Gasteiger partial charge in [-0.3, -0.25) is 9.00 Å². The topological polar surface area (TPSA) is 37.4 Å². The van der Waals surface area contributed by atoms with Crippen LogP contribution in [0.15, 0.2) is 35.7 Å². The van der Waals surface area contributed by atoms with E-state index in [2.05, 4.69) is 11.4 Å². The molecule has 6 heteroatoms. The van der Waals surface area contributed by atoms with Gasteiger partial charge in [-0.25, -0.2) is 0 Å². The number of amides is 1. The lowest BCUT2D eigenvalue weighted by Gasteiger charge is -2.26. The minimum atomic E-state index is -1.19. The average Bonchev–Trinajstić information content (AvgIpc) is 2.97. The third-order valence-corrected chi connectivity index (χ3v) is 6.18. The van der Waals surface area contributed by atoms with Crippen LogP contribution in [0.25, 0.3) is 0 Å². The lowest BCUT2D eigenvalue weighted by Crippen LogP contribution is -2.38. The predicted molar refractivity (Wildman–Crippen MR) is 91.6 cm³/mol. The normalized spacial score (nSPS) is 15.4. The van der Waals surface area contributed by atoms with Gasteiger partial charge in [0, 0.05) is 39.5 Å². The molecule has 116 valence electrons. The number of hydrogen-bond donors (Lipinski definition) is 0. The molecule has 3 nitrogen and oxygen atoms in total. The van der Waals surface area contributed by atoms with Crippen molar-refractivity contribution in [2.75, 3.05) is 12.3 Å². The molecule has 1 atom stereocenters. The molecule has 0 fully saturated rings. The smallest absolute Gasteiger partial charge is 0.235 e. The molecule has 0 aliphatic carbocycles. The minimum Gasteiger partial charge on any atom is -0.337 e. The van der Waals surface area contributed by atoms with E-state index < -0.39 is 10.8 Å². The Balaban J connectivity index is 1.55.